The van der Waals surface area contributed by atoms with Gasteiger partial charge in [-0.1, -0.05) is 35.4 Å². The molecule has 0 amide bonds. The number of piperidine rings is 1. The average Bonchev–Trinajstić information content (AvgIpc) is 3.27. The van der Waals surface area contributed by atoms with Gasteiger partial charge in [-0.2, -0.15) is 4.98 Å². The molecule has 2 aliphatic rings. The van der Waals surface area contributed by atoms with Crippen molar-refractivity contribution in [1.29, 1.82) is 0 Å². The number of aliphatic carboxylic acids is 1. The summed E-state index contributed by atoms with van der Waals surface area (Å²) >= 11 is 6.44. The van der Waals surface area contributed by atoms with Gasteiger partial charge in [-0.25, -0.2) is 4.98 Å². The van der Waals surface area contributed by atoms with Crippen LogP contribution in [0.5, 0.6) is 5.75 Å². The first-order valence-electron chi connectivity index (χ1n) is 15.4. The minimum Gasteiger partial charge on any atom is -0.494 e. The lowest BCUT2D eigenvalue weighted by Gasteiger charge is -2.39. The van der Waals surface area contributed by atoms with Crippen LogP contribution in [0.1, 0.15) is 38.5 Å². The van der Waals surface area contributed by atoms with Crippen LogP contribution in [0, 0.1) is 0 Å². The number of hydrogen-bond donors (Lipinski definition) is 3. The molecule has 12 heteroatoms. The molecule has 0 bridgehead atoms. The Bertz CT molecular complexity index is 1590. The molecule has 0 aliphatic carbocycles. The second-order valence-electron chi connectivity index (χ2n) is 11.9. The molecule has 45 heavy (non-hydrogen) atoms. The Morgan fingerprint density at radius 3 is 2.60 bits per heavy atom. The quantitative estimate of drug-likeness (QED) is 0.152. The highest BCUT2D eigenvalue weighted by atomic mass is 35.5. The van der Waals surface area contributed by atoms with Gasteiger partial charge in [0.25, 0.3) is 0 Å². The number of nitrogens with zero attached hydrogens (tertiary/aromatic N) is 4. The molecule has 10 nitrogen and oxygen atoms in total. The topological polar surface area (TPSA) is 120 Å². The van der Waals surface area contributed by atoms with Crippen molar-refractivity contribution in [3.8, 4) is 5.75 Å². The summed E-state index contributed by atoms with van der Waals surface area (Å²) in [5.41, 5.74) is 3.80. The Morgan fingerprint density at radius 2 is 1.87 bits per heavy atom. The summed E-state index contributed by atoms with van der Waals surface area (Å²) in [4.78, 5) is 24.9. The van der Waals surface area contributed by atoms with Gasteiger partial charge < -0.3 is 29.9 Å². The highest BCUT2D eigenvalue weighted by Crippen LogP contribution is 2.39. The third kappa shape index (κ3) is 8.57. The molecule has 2 aliphatic heterocycles. The normalized spacial score (nSPS) is 16.5. The number of nitrogens with one attached hydrogen (secondary N) is 2. The Labute approximate surface area is 270 Å². The largest absolute Gasteiger partial charge is 0.494 e. The zero-order valence-electron chi connectivity index (χ0n) is 26.1. The van der Waals surface area contributed by atoms with Crippen molar-refractivity contribution in [2.24, 2.45) is 0 Å². The van der Waals surface area contributed by atoms with E-state index in [0.29, 0.717) is 40.7 Å². The highest BCUT2D eigenvalue weighted by molar-refractivity contribution is 7.70. The molecule has 1 aromatic heterocycles. The second kappa shape index (κ2) is 14.7. The van der Waals surface area contributed by atoms with Crippen molar-refractivity contribution < 1.29 is 19.2 Å². The van der Waals surface area contributed by atoms with Gasteiger partial charge in [-0.05, 0) is 69.7 Å². The van der Waals surface area contributed by atoms with Crippen LogP contribution in [0.4, 0.5) is 28.8 Å². The third-order valence-electron chi connectivity index (χ3n) is 8.49. The fourth-order valence-electron chi connectivity index (χ4n) is 6.08. The van der Waals surface area contributed by atoms with Crippen molar-refractivity contribution >= 4 is 58.8 Å². The minimum atomic E-state index is -2.53. The summed E-state index contributed by atoms with van der Waals surface area (Å²) in [6, 6.07) is 14.1. The zero-order valence-corrected chi connectivity index (χ0v) is 27.8. The molecular weight excluding hydrogens is 611 g/mol. The molecule has 0 spiro atoms. The van der Waals surface area contributed by atoms with E-state index in [9.17, 15) is 9.36 Å². The van der Waals surface area contributed by atoms with Crippen LogP contribution in [0.2, 0.25) is 5.02 Å². The lowest BCUT2D eigenvalue weighted by atomic mass is 10.0. The van der Waals surface area contributed by atoms with E-state index >= 15 is 0 Å². The van der Waals surface area contributed by atoms with Gasteiger partial charge in [-0.15, -0.1) is 0 Å². The SMILES string of the molecule is COc1cc(N2CCC(N3CCC=C(CCC(=O)O)CC3)CC2)ccc1Nc1ncc(Cl)c(Nc2ccccc2P(C)(C)=O)n1. The maximum Gasteiger partial charge on any atom is 0.303 e. The summed E-state index contributed by atoms with van der Waals surface area (Å²) in [6.07, 6.45) is 8.76. The lowest BCUT2D eigenvalue weighted by Crippen LogP contribution is -2.45. The standard InChI is InChI=1S/C33H42ClN6O4P/c1-44-29-21-25(40-19-15-24(16-20-40)39-17-6-7-23(14-18-39)10-13-31(41)42)11-12-27(29)37-33-35-22-26(34)32(38-33)36-28-8-4-5-9-30(28)45(2,3)43/h4-5,7-9,11-12,21-22,24H,6,10,13-20H2,1-3H3,(H,41,42)(H2,35,36,37,38). The van der Waals surface area contributed by atoms with E-state index in [4.69, 9.17) is 21.4 Å². The smallest absolute Gasteiger partial charge is 0.303 e. The number of anilines is 5. The Kier molecular flexibility index (Phi) is 10.7. The third-order valence-corrected chi connectivity index (χ3v) is 10.3. The first kappa shape index (κ1) is 32.8. The summed E-state index contributed by atoms with van der Waals surface area (Å²) in [7, 11) is -0.880. The molecule has 1 fully saturated rings. The van der Waals surface area contributed by atoms with Gasteiger partial charge in [0.05, 0.1) is 24.7 Å². The number of aromatic nitrogens is 2. The maximum atomic E-state index is 12.8. The Morgan fingerprint density at radius 1 is 1.09 bits per heavy atom. The molecule has 2 aromatic carbocycles. The Balaban J connectivity index is 1.21. The van der Waals surface area contributed by atoms with E-state index in [1.807, 2.05) is 36.4 Å². The zero-order chi connectivity index (χ0) is 32.0. The number of carboxylic acid groups (broad SMARTS) is 1. The van der Waals surface area contributed by atoms with Gasteiger partial charge in [-0.3, -0.25) is 9.69 Å². The number of carboxylic acids is 1. The van der Waals surface area contributed by atoms with Gasteiger partial charge in [0.15, 0.2) is 5.82 Å². The van der Waals surface area contributed by atoms with Crippen molar-refractivity contribution in [2.75, 3.05) is 62.2 Å². The van der Waals surface area contributed by atoms with Gasteiger partial charge in [0, 0.05) is 55.7 Å². The Hall–Kier alpha value is -3.59. The molecule has 0 atom stereocenters. The number of para-hydroxylation sites is 1. The first-order valence-corrected chi connectivity index (χ1v) is 18.4. The van der Waals surface area contributed by atoms with E-state index in [0.717, 1.165) is 68.5 Å². The molecule has 5 rings (SSSR count). The molecule has 3 heterocycles. The number of methoxy groups -OCH3 is 1. The molecular formula is C33H42ClN6O4P. The van der Waals surface area contributed by atoms with Crippen LogP contribution >= 0.6 is 18.7 Å². The average molecular weight is 653 g/mol. The summed E-state index contributed by atoms with van der Waals surface area (Å²) < 4.78 is 18.6. The van der Waals surface area contributed by atoms with Crippen molar-refractivity contribution in [3.63, 3.8) is 0 Å². The van der Waals surface area contributed by atoms with Crippen LogP contribution < -0.4 is 25.6 Å². The molecule has 3 N–H and O–H groups in total. The summed E-state index contributed by atoms with van der Waals surface area (Å²) in [5, 5.41) is 16.6. The van der Waals surface area contributed by atoms with Crippen molar-refractivity contribution in [3.05, 3.63) is 65.3 Å². The molecule has 240 valence electrons. The number of ether oxygens (including phenoxy) is 1. The van der Waals surface area contributed by atoms with E-state index in [1.165, 1.54) is 11.8 Å². The molecule has 0 radical (unpaired) electrons. The molecule has 1 saturated heterocycles. The fraction of sp³-hybridized carbons (Fsp3) is 0.424. The lowest BCUT2D eigenvalue weighted by molar-refractivity contribution is -0.136. The predicted molar refractivity (Wildman–Crippen MR) is 183 cm³/mol. The van der Waals surface area contributed by atoms with Crippen LogP contribution in [-0.2, 0) is 9.36 Å². The summed E-state index contributed by atoms with van der Waals surface area (Å²) in [6.45, 7) is 7.40. The number of benzene rings is 2. The van der Waals surface area contributed by atoms with Crippen LogP contribution in [0.3, 0.4) is 0 Å². The molecule has 3 aromatic rings. The van der Waals surface area contributed by atoms with Crippen LogP contribution in [0.15, 0.2) is 60.3 Å². The van der Waals surface area contributed by atoms with E-state index in [1.54, 1.807) is 20.4 Å². The van der Waals surface area contributed by atoms with E-state index in [2.05, 4.69) is 42.5 Å². The van der Waals surface area contributed by atoms with Crippen molar-refractivity contribution in [2.45, 2.75) is 44.6 Å². The van der Waals surface area contributed by atoms with Crippen LogP contribution in [0.25, 0.3) is 0 Å². The minimum absolute atomic E-state index is 0.213. The summed E-state index contributed by atoms with van der Waals surface area (Å²) in [5.74, 6) is 0.707. The number of carbonyl (C=O) groups is 1. The van der Waals surface area contributed by atoms with Gasteiger partial charge in [0.1, 0.15) is 17.9 Å². The molecule has 0 saturated carbocycles. The van der Waals surface area contributed by atoms with Crippen molar-refractivity contribution in [1.82, 2.24) is 14.9 Å². The second-order valence-corrected chi connectivity index (χ2v) is 15.5. The van der Waals surface area contributed by atoms with Gasteiger partial charge in [0.2, 0.25) is 5.95 Å². The predicted octanol–water partition coefficient (Wildman–Crippen LogP) is 6.73. The highest BCUT2D eigenvalue weighted by Gasteiger charge is 2.26. The number of halogens is 1. The van der Waals surface area contributed by atoms with E-state index in [-0.39, 0.29) is 6.42 Å². The van der Waals surface area contributed by atoms with E-state index < -0.39 is 13.1 Å². The van der Waals surface area contributed by atoms with Gasteiger partial charge >= 0.3 is 5.97 Å². The first-order chi connectivity index (χ1) is 21.6. The molecule has 0 unspecified atom stereocenters. The fourth-order valence-corrected chi connectivity index (χ4v) is 7.37. The number of hydrogen-bond acceptors (Lipinski definition) is 9. The monoisotopic (exact) mass is 652 g/mol. The number of rotatable bonds is 11. The van der Waals surface area contributed by atoms with Crippen LogP contribution in [-0.4, -0.2) is 78.6 Å². The maximum absolute atomic E-state index is 12.8.